The lowest BCUT2D eigenvalue weighted by molar-refractivity contribution is -0.131. The maximum atomic E-state index is 11.4. The van der Waals surface area contributed by atoms with Crippen molar-refractivity contribution >= 4 is 46.9 Å². The fourth-order valence-electron chi connectivity index (χ4n) is 1.31. The van der Waals surface area contributed by atoms with Crippen LogP contribution in [0.5, 0.6) is 0 Å². The number of carboxylic acids is 3. The highest BCUT2D eigenvalue weighted by Crippen LogP contribution is 2.31. The smallest absolute Gasteiger partial charge is 0.377 e. The van der Waals surface area contributed by atoms with Crippen molar-refractivity contribution in [2.24, 2.45) is 0 Å². The summed E-state index contributed by atoms with van der Waals surface area (Å²) in [5.74, 6) is -6.92. The fraction of sp³-hybridized carbons (Fsp3) is 0. The molecule has 0 bridgehead atoms. The van der Waals surface area contributed by atoms with Gasteiger partial charge in [-0.2, -0.15) is 0 Å². The zero-order valence-corrected chi connectivity index (χ0v) is 10.3. The minimum atomic E-state index is -1.98. The van der Waals surface area contributed by atoms with Crippen LogP contribution in [0.2, 0.25) is 10.0 Å². The Bertz CT molecular complexity index is 621. The average molecular weight is 307 g/mol. The number of rotatable bonds is 4. The number of aliphatic carboxylic acids is 1. The molecular weight excluding hydrogens is 303 g/mol. The van der Waals surface area contributed by atoms with E-state index in [-0.39, 0.29) is 0 Å². The van der Waals surface area contributed by atoms with Crippen LogP contribution in [0.3, 0.4) is 0 Å². The first-order valence-electron chi connectivity index (χ1n) is 4.44. The first-order chi connectivity index (χ1) is 8.68. The second-order valence-electron chi connectivity index (χ2n) is 3.21. The minimum absolute atomic E-state index is 0.598. The Morgan fingerprint density at radius 3 is 1.79 bits per heavy atom. The number of carboxylic acid groups (broad SMARTS) is 3. The first kappa shape index (κ1) is 14.9. The van der Waals surface area contributed by atoms with Crippen molar-refractivity contribution in [2.45, 2.75) is 0 Å². The molecule has 0 aliphatic heterocycles. The summed E-state index contributed by atoms with van der Waals surface area (Å²) in [5.41, 5.74) is -2.49. The lowest BCUT2D eigenvalue weighted by Crippen LogP contribution is -2.19. The largest absolute Gasteiger partial charge is 0.478 e. The molecule has 100 valence electrons. The third kappa shape index (κ3) is 2.67. The summed E-state index contributed by atoms with van der Waals surface area (Å²) in [6, 6.07) is 0.730. The molecule has 0 aliphatic carbocycles. The number of benzene rings is 1. The van der Waals surface area contributed by atoms with E-state index < -0.39 is 50.4 Å². The molecule has 1 rings (SSSR count). The summed E-state index contributed by atoms with van der Waals surface area (Å²) in [6.07, 6.45) is 0. The molecule has 0 saturated heterocycles. The number of halogens is 2. The van der Waals surface area contributed by atoms with Gasteiger partial charge in [0.05, 0.1) is 26.7 Å². The number of carbonyl (C=O) groups is 4. The average Bonchev–Trinajstić information content (AvgIpc) is 2.29. The fourth-order valence-corrected chi connectivity index (χ4v) is 1.91. The molecule has 7 nitrogen and oxygen atoms in total. The van der Waals surface area contributed by atoms with Gasteiger partial charge in [-0.1, -0.05) is 23.2 Å². The normalized spacial score (nSPS) is 10.0. The van der Waals surface area contributed by atoms with Crippen LogP contribution in [-0.4, -0.2) is 39.0 Å². The van der Waals surface area contributed by atoms with Crippen molar-refractivity contribution in [1.82, 2.24) is 0 Å². The molecule has 0 saturated carbocycles. The van der Waals surface area contributed by atoms with E-state index in [2.05, 4.69) is 0 Å². The third-order valence-corrected chi connectivity index (χ3v) is 2.77. The van der Waals surface area contributed by atoms with Crippen LogP contribution in [-0.2, 0) is 4.79 Å². The molecule has 0 spiro atoms. The van der Waals surface area contributed by atoms with Gasteiger partial charge in [-0.15, -0.1) is 0 Å². The van der Waals surface area contributed by atoms with E-state index in [1.54, 1.807) is 0 Å². The zero-order valence-electron chi connectivity index (χ0n) is 8.81. The first-order valence-corrected chi connectivity index (χ1v) is 5.20. The Labute approximate surface area is 115 Å². The van der Waals surface area contributed by atoms with E-state index in [0.29, 0.717) is 0 Å². The van der Waals surface area contributed by atoms with Crippen molar-refractivity contribution in [1.29, 1.82) is 0 Å². The third-order valence-electron chi connectivity index (χ3n) is 2.08. The van der Waals surface area contributed by atoms with Gasteiger partial charge in [0.1, 0.15) is 0 Å². The Kier molecular flexibility index (Phi) is 4.13. The zero-order chi connectivity index (χ0) is 14.9. The number of hydrogen-bond donors (Lipinski definition) is 3. The van der Waals surface area contributed by atoms with Crippen molar-refractivity contribution in [3.63, 3.8) is 0 Å². The lowest BCUT2D eigenvalue weighted by atomic mass is 10.00. The summed E-state index contributed by atoms with van der Waals surface area (Å²) >= 11 is 11.1. The molecule has 0 fully saturated rings. The summed E-state index contributed by atoms with van der Waals surface area (Å²) < 4.78 is 0. The van der Waals surface area contributed by atoms with Gasteiger partial charge in [-0.05, 0) is 6.07 Å². The van der Waals surface area contributed by atoms with Gasteiger partial charge in [0.15, 0.2) is 0 Å². The Morgan fingerprint density at radius 1 is 0.895 bits per heavy atom. The molecule has 0 radical (unpaired) electrons. The highest BCUT2D eigenvalue weighted by molar-refractivity contribution is 6.48. The van der Waals surface area contributed by atoms with E-state index in [4.69, 9.17) is 38.5 Å². The maximum Gasteiger partial charge on any atom is 0.377 e. The number of Topliss-reactive ketones (excluding diaryl/α,β-unsaturated/α-hetero) is 1. The molecule has 1 aromatic carbocycles. The Hall–Kier alpha value is -2.12. The topological polar surface area (TPSA) is 129 Å². The number of hydrogen-bond acceptors (Lipinski definition) is 4. The number of carbonyl (C=O) groups excluding carboxylic acids is 1. The molecule has 19 heavy (non-hydrogen) atoms. The van der Waals surface area contributed by atoms with Gasteiger partial charge in [0.2, 0.25) is 0 Å². The predicted molar refractivity (Wildman–Crippen MR) is 62.3 cm³/mol. The summed E-state index contributed by atoms with van der Waals surface area (Å²) in [6.45, 7) is 0. The van der Waals surface area contributed by atoms with Gasteiger partial charge < -0.3 is 15.3 Å². The number of aromatic carboxylic acids is 2. The molecule has 3 N–H and O–H groups in total. The molecular formula is C10H4Cl2O7. The summed E-state index contributed by atoms with van der Waals surface area (Å²) in [7, 11) is 0. The Balaban J connectivity index is 3.82. The lowest BCUT2D eigenvalue weighted by Gasteiger charge is -2.10. The van der Waals surface area contributed by atoms with E-state index in [0.717, 1.165) is 6.07 Å². The molecule has 9 heteroatoms. The molecule has 0 heterocycles. The van der Waals surface area contributed by atoms with Crippen LogP contribution < -0.4 is 0 Å². The molecule has 0 aliphatic rings. The summed E-state index contributed by atoms with van der Waals surface area (Å²) in [5, 5.41) is 24.9. The van der Waals surface area contributed by atoms with E-state index in [1.165, 1.54) is 0 Å². The van der Waals surface area contributed by atoms with Crippen LogP contribution in [0.15, 0.2) is 6.07 Å². The SMILES string of the molecule is O=C(O)C(=O)c1c(Cl)c(C(=O)O)cc(Cl)c1C(=O)O. The quantitative estimate of drug-likeness (QED) is 0.569. The predicted octanol–water partition coefficient (Wildman–Crippen LogP) is 1.66. The van der Waals surface area contributed by atoms with Crippen LogP contribution >= 0.6 is 23.2 Å². The van der Waals surface area contributed by atoms with Crippen LogP contribution in [0.1, 0.15) is 31.1 Å². The van der Waals surface area contributed by atoms with Crippen LogP contribution in [0.25, 0.3) is 0 Å². The van der Waals surface area contributed by atoms with Gasteiger partial charge in [0.25, 0.3) is 5.78 Å². The standard InChI is InChI=1S/C10H4Cl2O7/c11-3-1-2(8(14)15)6(12)5(4(3)9(16)17)7(13)10(18)19/h1H,(H,14,15)(H,16,17)(H,18,19). The molecule has 0 unspecified atom stereocenters. The molecule has 1 aromatic rings. The van der Waals surface area contributed by atoms with Crippen molar-refractivity contribution < 1.29 is 34.5 Å². The van der Waals surface area contributed by atoms with E-state index in [1.807, 2.05) is 0 Å². The van der Waals surface area contributed by atoms with Gasteiger partial charge >= 0.3 is 17.9 Å². The van der Waals surface area contributed by atoms with Crippen LogP contribution in [0.4, 0.5) is 0 Å². The minimum Gasteiger partial charge on any atom is -0.478 e. The molecule has 0 amide bonds. The Morgan fingerprint density at radius 2 is 1.42 bits per heavy atom. The van der Waals surface area contributed by atoms with Gasteiger partial charge in [-0.25, -0.2) is 14.4 Å². The van der Waals surface area contributed by atoms with E-state index in [9.17, 15) is 19.2 Å². The second-order valence-corrected chi connectivity index (χ2v) is 4.00. The second kappa shape index (κ2) is 5.25. The highest BCUT2D eigenvalue weighted by atomic mass is 35.5. The molecule has 0 atom stereocenters. The van der Waals surface area contributed by atoms with Crippen LogP contribution in [0, 0.1) is 0 Å². The maximum absolute atomic E-state index is 11.4. The van der Waals surface area contributed by atoms with Gasteiger partial charge in [0, 0.05) is 0 Å². The van der Waals surface area contributed by atoms with Crippen molar-refractivity contribution in [3.05, 3.63) is 32.8 Å². The van der Waals surface area contributed by atoms with Crippen molar-refractivity contribution in [3.8, 4) is 0 Å². The molecule has 0 aromatic heterocycles. The monoisotopic (exact) mass is 306 g/mol. The van der Waals surface area contributed by atoms with Gasteiger partial charge in [-0.3, -0.25) is 4.79 Å². The highest BCUT2D eigenvalue weighted by Gasteiger charge is 2.30. The van der Waals surface area contributed by atoms with Crippen molar-refractivity contribution in [2.75, 3.05) is 0 Å². The summed E-state index contributed by atoms with van der Waals surface area (Å²) in [4.78, 5) is 43.9. The van der Waals surface area contributed by atoms with E-state index >= 15 is 0 Å². The number of ketones is 1.